The first-order chi connectivity index (χ1) is 15.2. The first-order valence-corrected chi connectivity index (χ1v) is 11.2. The minimum Gasteiger partial charge on any atom is -0.339 e. The Kier molecular flexibility index (Phi) is 5.40. The summed E-state index contributed by atoms with van der Waals surface area (Å²) in [5, 5.41) is 1.87. The van der Waals surface area contributed by atoms with Gasteiger partial charge in [0.25, 0.3) is 11.5 Å². The average molecular weight is 434 g/mol. The van der Waals surface area contributed by atoms with E-state index in [0.29, 0.717) is 26.2 Å². The van der Waals surface area contributed by atoms with Crippen LogP contribution < -0.4 is 5.56 Å². The number of benzene rings is 1. The lowest BCUT2D eigenvalue weighted by molar-refractivity contribution is 0.0617. The third kappa shape index (κ3) is 4.17. The van der Waals surface area contributed by atoms with E-state index in [-0.39, 0.29) is 11.5 Å². The van der Waals surface area contributed by atoms with E-state index in [0.717, 1.165) is 29.4 Å². The van der Waals surface area contributed by atoms with Crippen molar-refractivity contribution in [1.82, 2.24) is 23.8 Å². The molecule has 1 saturated heterocycles. The highest BCUT2D eigenvalue weighted by molar-refractivity contribution is 7.15. The van der Waals surface area contributed by atoms with Gasteiger partial charge in [-0.3, -0.25) is 18.9 Å². The third-order valence-electron chi connectivity index (χ3n) is 5.65. The van der Waals surface area contributed by atoms with Crippen LogP contribution in [0.5, 0.6) is 0 Å². The molecule has 0 N–H and O–H groups in total. The van der Waals surface area contributed by atoms with Crippen LogP contribution in [0.25, 0.3) is 4.96 Å². The van der Waals surface area contributed by atoms with Crippen LogP contribution in [-0.4, -0.2) is 55.8 Å². The number of rotatable bonds is 5. The highest BCUT2D eigenvalue weighted by Gasteiger charge is 2.24. The molecule has 0 aliphatic carbocycles. The number of aromatic nitrogens is 3. The molecule has 3 aromatic heterocycles. The van der Waals surface area contributed by atoms with Gasteiger partial charge in [0.05, 0.1) is 5.69 Å². The summed E-state index contributed by atoms with van der Waals surface area (Å²) in [4.78, 5) is 34.8. The Hall–Kier alpha value is -3.23. The summed E-state index contributed by atoms with van der Waals surface area (Å²) < 4.78 is 3.58. The predicted molar refractivity (Wildman–Crippen MR) is 120 cm³/mol. The molecule has 4 heterocycles. The van der Waals surface area contributed by atoms with Gasteiger partial charge in [-0.2, -0.15) is 0 Å². The van der Waals surface area contributed by atoms with Crippen LogP contribution in [0.4, 0.5) is 0 Å². The van der Waals surface area contributed by atoms with Crippen molar-refractivity contribution in [1.29, 1.82) is 0 Å². The van der Waals surface area contributed by atoms with Gasteiger partial charge in [0.15, 0.2) is 4.96 Å². The lowest BCUT2D eigenvalue weighted by Crippen LogP contribution is -2.48. The van der Waals surface area contributed by atoms with E-state index < -0.39 is 0 Å². The fourth-order valence-corrected chi connectivity index (χ4v) is 4.73. The Labute approximate surface area is 183 Å². The number of carbonyl (C=O) groups excluding carboxylic acids is 1. The molecule has 7 nitrogen and oxygen atoms in total. The average Bonchev–Trinajstić information content (AvgIpc) is 3.44. The molecule has 1 aliphatic heterocycles. The third-order valence-corrected chi connectivity index (χ3v) is 6.40. The second-order valence-corrected chi connectivity index (χ2v) is 8.59. The number of hydrogen-bond donors (Lipinski definition) is 0. The molecular weight excluding hydrogens is 410 g/mol. The number of nitrogens with zero attached hydrogens (tertiary/aromatic N) is 5. The summed E-state index contributed by atoms with van der Waals surface area (Å²) in [5.41, 5.74) is 2.62. The highest BCUT2D eigenvalue weighted by Crippen LogP contribution is 2.14. The van der Waals surface area contributed by atoms with E-state index in [1.165, 1.54) is 16.9 Å². The summed E-state index contributed by atoms with van der Waals surface area (Å²) in [7, 11) is 0. The summed E-state index contributed by atoms with van der Waals surface area (Å²) in [6.45, 7) is 4.15. The Bertz CT molecular complexity index is 1250. The van der Waals surface area contributed by atoms with Crippen molar-refractivity contribution in [2.24, 2.45) is 0 Å². The van der Waals surface area contributed by atoms with E-state index in [1.807, 2.05) is 51.4 Å². The Morgan fingerprint density at radius 3 is 2.58 bits per heavy atom. The highest BCUT2D eigenvalue weighted by atomic mass is 32.1. The zero-order valence-electron chi connectivity index (χ0n) is 17.1. The van der Waals surface area contributed by atoms with Gasteiger partial charge >= 0.3 is 0 Å². The number of piperazine rings is 1. The van der Waals surface area contributed by atoms with Crippen LogP contribution in [0.15, 0.2) is 71.1 Å². The fourth-order valence-electron chi connectivity index (χ4n) is 4.00. The first kappa shape index (κ1) is 19.7. The van der Waals surface area contributed by atoms with Crippen molar-refractivity contribution in [3.8, 4) is 0 Å². The second kappa shape index (κ2) is 8.49. The van der Waals surface area contributed by atoms with Crippen LogP contribution in [0.1, 0.15) is 21.7 Å². The molecule has 1 aliphatic rings. The maximum Gasteiger partial charge on any atom is 0.270 e. The molecule has 0 radical (unpaired) electrons. The van der Waals surface area contributed by atoms with Crippen LogP contribution >= 0.6 is 11.3 Å². The Morgan fingerprint density at radius 2 is 1.77 bits per heavy atom. The maximum atomic E-state index is 13.1. The molecule has 0 unspecified atom stereocenters. The normalized spacial score (nSPS) is 14.9. The monoisotopic (exact) mass is 433 g/mol. The quantitative estimate of drug-likeness (QED) is 0.485. The smallest absolute Gasteiger partial charge is 0.270 e. The molecule has 0 spiro atoms. The van der Waals surface area contributed by atoms with Crippen molar-refractivity contribution in [3.05, 3.63) is 93.6 Å². The summed E-state index contributed by atoms with van der Waals surface area (Å²) in [5.74, 6) is 0.0666. The summed E-state index contributed by atoms with van der Waals surface area (Å²) >= 11 is 1.46. The van der Waals surface area contributed by atoms with E-state index in [9.17, 15) is 9.59 Å². The van der Waals surface area contributed by atoms with E-state index in [1.54, 1.807) is 16.7 Å². The topological polar surface area (TPSA) is 62.9 Å². The molecule has 1 amide bonds. The number of hydrogen-bond acceptors (Lipinski definition) is 5. The number of carbonyl (C=O) groups is 1. The number of amides is 1. The molecule has 8 heteroatoms. The van der Waals surface area contributed by atoms with Crippen LogP contribution in [0.2, 0.25) is 0 Å². The molecular formula is C23H23N5O2S. The minimum atomic E-state index is -0.0470. The Balaban J connectivity index is 1.22. The van der Waals surface area contributed by atoms with Gasteiger partial charge < -0.3 is 9.47 Å². The molecule has 158 valence electrons. The van der Waals surface area contributed by atoms with Gasteiger partial charge in [0.2, 0.25) is 0 Å². The molecule has 1 aromatic carbocycles. The summed E-state index contributed by atoms with van der Waals surface area (Å²) in [6.07, 6.45) is 3.71. The number of thiazole rings is 1. The lowest BCUT2D eigenvalue weighted by Gasteiger charge is -2.34. The largest absolute Gasteiger partial charge is 0.339 e. The molecule has 0 saturated carbocycles. The van der Waals surface area contributed by atoms with Crippen LogP contribution in [0.3, 0.4) is 0 Å². The van der Waals surface area contributed by atoms with Gasteiger partial charge in [-0.25, -0.2) is 4.98 Å². The molecule has 0 bridgehead atoms. The Morgan fingerprint density at radius 1 is 0.968 bits per heavy atom. The van der Waals surface area contributed by atoms with E-state index in [4.69, 9.17) is 0 Å². The van der Waals surface area contributed by atoms with Gasteiger partial charge in [0.1, 0.15) is 5.69 Å². The van der Waals surface area contributed by atoms with Crippen molar-refractivity contribution in [2.45, 2.75) is 13.1 Å². The molecule has 31 heavy (non-hydrogen) atoms. The maximum absolute atomic E-state index is 13.1. The van der Waals surface area contributed by atoms with Crippen LogP contribution in [-0.2, 0) is 13.1 Å². The number of fused-ring (bicyclic) bond motifs is 1. The van der Waals surface area contributed by atoms with Gasteiger partial charge in [-0.05, 0) is 17.7 Å². The first-order valence-electron chi connectivity index (χ1n) is 10.3. The zero-order chi connectivity index (χ0) is 21.2. The van der Waals surface area contributed by atoms with E-state index >= 15 is 0 Å². The van der Waals surface area contributed by atoms with Gasteiger partial charge in [-0.15, -0.1) is 11.3 Å². The lowest BCUT2D eigenvalue weighted by atomic mass is 10.2. The molecule has 5 rings (SSSR count). The van der Waals surface area contributed by atoms with Crippen molar-refractivity contribution in [2.75, 3.05) is 26.2 Å². The minimum absolute atomic E-state index is 0.0470. The van der Waals surface area contributed by atoms with Crippen molar-refractivity contribution >= 4 is 22.2 Å². The SMILES string of the molecule is O=C(c1cccn1Cc1ccccc1)N1CCN(Cc2cc(=O)n3ccsc3n2)CC1. The van der Waals surface area contributed by atoms with Crippen LogP contribution in [0, 0.1) is 0 Å². The van der Waals surface area contributed by atoms with Gasteiger partial charge in [0, 0.05) is 63.1 Å². The zero-order valence-corrected chi connectivity index (χ0v) is 17.9. The molecule has 0 atom stereocenters. The molecule has 1 fully saturated rings. The van der Waals surface area contributed by atoms with Crippen molar-refractivity contribution in [3.63, 3.8) is 0 Å². The van der Waals surface area contributed by atoms with E-state index in [2.05, 4.69) is 22.0 Å². The fraction of sp³-hybridized carbons (Fsp3) is 0.261. The summed E-state index contributed by atoms with van der Waals surface area (Å²) in [6, 6.07) is 15.6. The predicted octanol–water partition coefficient (Wildman–Crippen LogP) is 2.56. The van der Waals surface area contributed by atoms with Gasteiger partial charge in [-0.1, -0.05) is 30.3 Å². The van der Waals surface area contributed by atoms with Crippen molar-refractivity contribution < 1.29 is 4.79 Å². The molecule has 4 aromatic rings. The second-order valence-electron chi connectivity index (χ2n) is 7.72. The standard InChI is InChI=1S/C23H23N5O2S/c29-21-15-19(24-23-28(21)13-14-31-23)17-25-9-11-26(12-10-25)22(30)20-7-4-8-27(20)16-18-5-2-1-3-6-18/h1-8,13-15H,9-12,16-17H2.